The minimum atomic E-state index is -1.26. The molecule has 0 bridgehead atoms. The monoisotopic (exact) mass is 500 g/mol. The van der Waals surface area contributed by atoms with E-state index in [9.17, 15) is 9.59 Å². The molecule has 2 heterocycles. The van der Waals surface area contributed by atoms with Crippen LogP contribution >= 0.6 is 23.4 Å². The summed E-state index contributed by atoms with van der Waals surface area (Å²) in [5.41, 5.74) is 2.88. The zero-order valence-electron chi connectivity index (χ0n) is 18.9. The number of rotatable bonds is 5. The fraction of sp³-hybridized carbons (Fsp3) is 0.385. The first-order valence-electron chi connectivity index (χ1n) is 11.5. The Kier molecular flexibility index (Phi) is 8.32. The van der Waals surface area contributed by atoms with Crippen LogP contribution in [0.2, 0.25) is 5.02 Å². The molecule has 0 spiro atoms. The largest absolute Gasteiger partial charge is 0.478 e. The van der Waals surface area contributed by atoms with Crippen LogP contribution in [0.1, 0.15) is 30.0 Å². The lowest BCUT2D eigenvalue weighted by Gasteiger charge is -2.39. The van der Waals surface area contributed by atoms with Gasteiger partial charge in [-0.25, -0.2) is 9.59 Å². The molecule has 2 aromatic carbocycles. The van der Waals surface area contributed by atoms with E-state index in [4.69, 9.17) is 21.8 Å². The third-order valence-corrected chi connectivity index (χ3v) is 7.81. The second-order valence-corrected chi connectivity index (χ2v) is 10.4. The third kappa shape index (κ3) is 6.85. The Bertz CT molecular complexity index is 1050. The number of hydrogen-bond donors (Lipinski definition) is 2. The number of hydrogen-bond acceptors (Lipinski definition) is 5. The zero-order valence-corrected chi connectivity index (χ0v) is 20.5. The quantitative estimate of drug-likeness (QED) is 0.569. The van der Waals surface area contributed by atoms with Gasteiger partial charge >= 0.3 is 11.9 Å². The average molecular weight is 501 g/mol. The molecule has 180 valence electrons. The van der Waals surface area contributed by atoms with Crippen molar-refractivity contribution in [1.82, 2.24) is 9.80 Å². The summed E-state index contributed by atoms with van der Waals surface area (Å²) in [6.07, 6.45) is 5.09. The molecule has 0 aromatic heterocycles. The normalized spacial score (nSPS) is 20.6. The molecule has 1 unspecified atom stereocenters. The molecule has 1 saturated carbocycles. The van der Waals surface area contributed by atoms with Gasteiger partial charge in [0.1, 0.15) is 0 Å². The smallest absolute Gasteiger partial charge is 0.328 e. The standard InChI is InChI=1S/C22H25ClN2S.C4H4O4/c23-18-7-8-22-19(14-18)20(13-17-3-1-2-4-21(17)26-22)25-11-9-24(10-12-25)15-16-5-6-16;5-3(6)1-2-4(7)8/h1-4,7-8,14,16,20H,5-6,9-13,15H2;1-2H,(H,5,6)(H,7,8)/b;2-1-. The van der Waals surface area contributed by atoms with E-state index in [-0.39, 0.29) is 0 Å². The first-order chi connectivity index (χ1) is 16.4. The van der Waals surface area contributed by atoms with E-state index in [2.05, 4.69) is 46.2 Å². The zero-order chi connectivity index (χ0) is 24.1. The SMILES string of the molecule is Clc1ccc2c(c1)C(N1CCN(CC3CC3)CC1)Cc1ccccc1S2.O=C(O)/C=C\C(=O)O. The Hall–Kier alpha value is -2.32. The molecule has 3 aliphatic rings. The van der Waals surface area contributed by atoms with Gasteiger partial charge in [0, 0.05) is 65.7 Å². The van der Waals surface area contributed by atoms with Crippen molar-refractivity contribution >= 4 is 35.3 Å². The van der Waals surface area contributed by atoms with Crippen molar-refractivity contribution in [2.45, 2.75) is 35.1 Å². The lowest BCUT2D eigenvalue weighted by atomic mass is 9.96. The molecule has 8 heteroatoms. The molecule has 1 saturated heterocycles. The Morgan fingerprint density at radius 1 is 0.971 bits per heavy atom. The highest BCUT2D eigenvalue weighted by Gasteiger charge is 2.31. The number of carbonyl (C=O) groups is 2. The number of nitrogens with zero attached hydrogens (tertiary/aromatic N) is 2. The second-order valence-electron chi connectivity index (χ2n) is 8.90. The van der Waals surface area contributed by atoms with Crippen molar-refractivity contribution in [3.05, 3.63) is 70.8 Å². The van der Waals surface area contributed by atoms with Gasteiger partial charge < -0.3 is 15.1 Å². The van der Waals surface area contributed by atoms with Gasteiger partial charge in [-0.05, 0) is 60.6 Å². The molecule has 2 aromatic rings. The minimum absolute atomic E-state index is 0.433. The number of carboxylic acid groups (broad SMARTS) is 2. The highest BCUT2D eigenvalue weighted by Crippen LogP contribution is 2.43. The van der Waals surface area contributed by atoms with Crippen LogP contribution in [0.5, 0.6) is 0 Å². The fourth-order valence-electron chi connectivity index (χ4n) is 4.47. The summed E-state index contributed by atoms with van der Waals surface area (Å²) in [7, 11) is 0. The van der Waals surface area contributed by atoms with Crippen LogP contribution in [0.15, 0.2) is 64.4 Å². The number of benzene rings is 2. The van der Waals surface area contributed by atoms with Gasteiger partial charge in [-0.1, -0.05) is 41.6 Å². The Morgan fingerprint density at radius 2 is 1.65 bits per heavy atom. The van der Waals surface area contributed by atoms with E-state index in [1.165, 1.54) is 53.4 Å². The van der Waals surface area contributed by atoms with Crippen LogP contribution in [0, 0.1) is 5.92 Å². The van der Waals surface area contributed by atoms with Crippen molar-refractivity contribution < 1.29 is 19.8 Å². The van der Waals surface area contributed by atoms with E-state index >= 15 is 0 Å². The maximum atomic E-state index is 9.55. The summed E-state index contributed by atoms with van der Waals surface area (Å²) in [5.74, 6) is -1.53. The van der Waals surface area contributed by atoms with Crippen LogP contribution < -0.4 is 0 Å². The van der Waals surface area contributed by atoms with Crippen LogP contribution in [-0.4, -0.2) is 64.7 Å². The maximum absolute atomic E-state index is 9.55. The number of carboxylic acids is 2. The van der Waals surface area contributed by atoms with Crippen LogP contribution in [-0.2, 0) is 16.0 Å². The van der Waals surface area contributed by atoms with Gasteiger partial charge in [0.2, 0.25) is 0 Å². The molecule has 2 aliphatic heterocycles. The summed E-state index contributed by atoms with van der Waals surface area (Å²) in [6, 6.07) is 15.8. The lowest BCUT2D eigenvalue weighted by Crippen LogP contribution is -2.48. The summed E-state index contributed by atoms with van der Waals surface area (Å²) in [4.78, 5) is 27.2. The van der Waals surface area contributed by atoms with Gasteiger partial charge in [0.15, 0.2) is 0 Å². The molecule has 1 aliphatic carbocycles. The number of aliphatic carboxylic acids is 2. The van der Waals surface area contributed by atoms with Gasteiger partial charge in [0.05, 0.1) is 0 Å². The molecule has 2 N–H and O–H groups in total. The van der Waals surface area contributed by atoms with E-state index < -0.39 is 11.9 Å². The summed E-state index contributed by atoms with van der Waals surface area (Å²) >= 11 is 8.30. The van der Waals surface area contributed by atoms with Crippen molar-refractivity contribution in [2.24, 2.45) is 5.92 Å². The maximum Gasteiger partial charge on any atom is 0.328 e. The minimum Gasteiger partial charge on any atom is -0.478 e. The molecule has 2 fully saturated rings. The molecule has 5 rings (SSSR count). The van der Waals surface area contributed by atoms with Crippen molar-refractivity contribution in [3.8, 4) is 0 Å². The first-order valence-corrected chi connectivity index (χ1v) is 12.7. The highest BCUT2D eigenvalue weighted by atomic mass is 35.5. The second kappa shape index (κ2) is 11.4. The molecule has 6 nitrogen and oxygen atoms in total. The number of halogens is 1. The van der Waals surface area contributed by atoms with Crippen LogP contribution in [0.3, 0.4) is 0 Å². The van der Waals surface area contributed by atoms with Crippen LogP contribution in [0.4, 0.5) is 0 Å². The molecular formula is C26H29ClN2O4S. The molecular weight excluding hydrogens is 472 g/mol. The lowest BCUT2D eigenvalue weighted by molar-refractivity contribution is -0.134. The summed E-state index contributed by atoms with van der Waals surface area (Å²) < 4.78 is 0. The molecule has 1 atom stereocenters. The van der Waals surface area contributed by atoms with Crippen molar-refractivity contribution in [3.63, 3.8) is 0 Å². The third-order valence-electron chi connectivity index (χ3n) is 6.37. The molecule has 0 radical (unpaired) electrons. The van der Waals surface area contributed by atoms with Gasteiger partial charge in [0.25, 0.3) is 0 Å². The number of fused-ring (bicyclic) bond motifs is 2. The Labute approximate surface area is 209 Å². The summed E-state index contributed by atoms with van der Waals surface area (Å²) in [6.45, 7) is 6.06. The van der Waals surface area contributed by atoms with E-state index in [1.54, 1.807) is 0 Å². The topological polar surface area (TPSA) is 81.1 Å². The van der Waals surface area contributed by atoms with Gasteiger partial charge in [-0.3, -0.25) is 4.90 Å². The molecule has 0 amide bonds. The van der Waals surface area contributed by atoms with Crippen molar-refractivity contribution in [1.29, 1.82) is 0 Å². The van der Waals surface area contributed by atoms with E-state index in [1.807, 2.05) is 17.8 Å². The summed E-state index contributed by atoms with van der Waals surface area (Å²) in [5, 5.41) is 16.5. The average Bonchev–Trinajstić information content (AvgIpc) is 3.64. The number of piperazine rings is 1. The van der Waals surface area contributed by atoms with E-state index in [0.717, 1.165) is 30.5 Å². The van der Waals surface area contributed by atoms with Crippen molar-refractivity contribution in [2.75, 3.05) is 32.7 Å². The Balaban J connectivity index is 0.000000297. The fourth-order valence-corrected chi connectivity index (χ4v) is 5.77. The Morgan fingerprint density at radius 3 is 2.29 bits per heavy atom. The molecule has 34 heavy (non-hydrogen) atoms. The first kappa shape index (κ1) is 24.8. The van der Waals surface area contributed by atoms with Gasteiger partial charge in [-0.15, -0.1) is 0 Å². The van der Waals surface area contributed by atoms with Crippen LogP contribution in [0.25, 0.3) is 0 Å². The predicted octanol–water partition coefficient (Wildman–Crippen LogP) is 4.83. The predicted molar refractivity (Wildman–Crippen MR) is 134 cm³/mol. The highest BCUT2D eigenvalue weighted by molar-refractivity contribution is 7.99. The van der Waals surface area contributed by atoms with Gasteiger partial charge in [-0.2, -0.15) is 0 Å². The van der Waals surface area contributed by atoms with E-state index in [0.29, 0.717) is 18.2 Å².